The number of benzene rings is 1. The molecule has 0 heterocycles. The molecule has 0 spiro atoms. The largest absolute Gasteiger partial charge is 0.508 e. The molecule has 0 aromatic heterocycles. The molecule has 1 nitrogen and oxygen atoms in total. The van der Waals surface area contributed by atoms with Crippen molar-refractivity contribution in [1.29, 1.82) is 0 Å². The molecule has 0 saturated heterocycles. The number of rotatable bonds is 4. The second-order valence-electron chi connectivity index (χ2n) is 6.67. The Labute approximate surface area is 124 Å². The Bertz CT molecular complexity index is 480. The highest BCUT2D eigenvalue weighted by Gasteiger charge is 2.34. The lowest BCUT2D eigenvalue weighted by Gasteiger charge is -2.36. The van der Waals surface area contributed by atoms with Gasteiger partial charge in [-0.25, -0.2) is 0 Å². The Morgan fingerprint density at radius 3 is 1.90 bits per heavy atom. The molecule has 0 aliphatic heterocycles. The SMILES string of the molecule is CCC(C=CC(F)(F)F)(CC(C)(C)C)c1ccc(O)cc1. The molecular formula is C17H23F3O. The van der Waals surface area contributed by atoms with Crippen LogP contribution in [-0.2, 0) is 5.41 Å². The standard InChI is InChI=1S/C17H23F3O/c1-5-16(12-15(2,3)4,10-11-17(18,19)20)13-6-8-14(21)9-7-13/h6-11,21H,5,12H2,1-4H3. The third-order valence-electron chi connectivity index (χ3n) is 3.51. The van der Waals surface area contributed by atoms with E-state index < -0.39 is 11.6 Å². The van der Waals surface area contributed by atoms with Gasteiger partial charge in [0.25, 0.3) is 0 Å². The smallest absolute Gasteiger partial charge is 0.409 e. The summed E-state index contributed by atoms with van der Waals surface area (Å²) in [6, 6.07) is 6.43. The summed E-state index contributed by atoms with van der Waals surface area (Å²) in [7, 11) is 0. The first-order valence-electron chi connectivity index (χ1n) is 7.04. The molecule has 1 aromatic rings. The van der Waals surface area contributed by atoms with Gasteiger partial charge < -0.3 is 5.11 Å². The number of hydrogen-bond acceptors (Lipinski definition) is 1. The van der Waals surface area contributed by atoms with Crippen molar-refractivity contribution in [3.8, 4) is 5.75 Å². The van der Waals surface area contributed by atoms with Gasteiger partial charge in [-0.3, -0.25) is 0 Å². The highest BCUT2D eigenvalue weighted by atomic mass is 19.4. The maximum Gasteiger partial charge on any atom is 0.409 e. The van der Waals surface area contributed by atoms with E-state index in [4.69, 9.17) is 0 Å². The molecule has 1 rings (SSSR count). The van der Waals surface area contributed by atoms with Gasteiger partial charge in [-0.2, -0.15) is 13.2 Å². The van der Waals surface area contributed by atoms with Crippen LogP contribution in [0.5, 0.6) is 5.75 Å². The zero-order chi connectivity index (χ0) is 16.3. The summed E-state index contributed by atoms with van der Waals surface area (Å²) in [5, 5.41) is 9.39. The lowest BCUT2D eigenvalue weighted by atomic mass is 9.68. The van der Waals surface area contributed by atoms with Gasteiger partial charge in [-0.15, -0.1) is 0 Å². The Kier molecular flexibility index (Phi) is 5.13. The maximum atomic E-state index is 12.6. The first-order chi connectivity index (χ1) is 9.47. The van der Waals surface area contributed by atoms with Crippen LogP contribution in [0.3, 0.4) is 0 Å². The first kappa shape index (κ1) is 17.6. The van der Waals surface area contributed by atoms with Gasteiger partial charge in [0, 0.05) is 11.5 Å². The minimum Gasteiger partial charge on any atom is -0.508 e. The summed E-state index contributed by atoms with van der Waals surface area (Å²) in [6.07, 6.45) is -1.58. The van der Waals surface area contributed by atoms with Crippen molar-refractivity contribution in [3.05, 3.63) is 42.0 Å². The molecule has 0 fully saturated rings. The Hall–Kier alpha value is -1.45. The number of alkyl halides is 3. The third kappa shape index (κ3) is 5.44. The summed E-state index contributed by atoms with van der Waals surface area (Å²) in [4.78, 5) is 0. The number of hydrogen-bond donors (Lipinski definition) is 1. The van der Waals surface area contributed by atoms with Crippen LogP contribution in [0, 0.1) is 5.41 Å². The normalized spacial score (nSPS) is 16.1. The molecule has 21 heavy (non-hydrogen) atoms. The van der Waals surface area contributed by atoms with E-state index in [1.807, 2.05) is 27.7 Å². The molecule has 4 heteroatoms. The van der Waals surface area contributed by atoms with Gasteiger partial charge in [-0.05, 0) is 36.0 Å². The van der Waals surface area contributed by atoms with Crippen molar-refractivity contribution < 1.29 is 18.3 Å². The molecule has 1 aromatic carbocycles. The number of allylic oxidation sites excluding steroid dienone is 2. The van der Waals surface area contributed by atoms with Crippen LogP contribution < -0.4 is 0 Å². The second kappa shape index (κ2) is 6.12. The molecule has 1 atom stereocenters. The highest BCUT2D eigenvalue weighted by Crippen LogP contribution is 2.41. The molecule has 1 unspecified atom stereocenters. The number of phenols is 1. The lowest BCUT2D eigenvalue weighted by molar-refractivity contribution is -0.0804. The van der Waals surface area contributed by atoms with Crippen molar-refractivity contribution >= 4 is 0 Å². The summed E-state index contributed by atoms with van der Waals surface area (Å²) in [6.45, 7) is 7.93. The molecule has 0 aliphatic rings. The van der Waals surface area contributed by atoms with Gasteiger partial charge in [-0.1, -0.05) is 45.9 Å². The molecule has 118 valence electrons. The van der Waals surface area contributed by atoms with Crippen LogP contribution in [0.15, 0.2) is 36.4 Å². The van der Waals surface area contributed by atoms with Crippen LogP contribution in [0.25, 0.3) is 0 Å². The van der Waals surface area contributed by atoms with Crippen LogP contribution in [0.4, 0.5) is 13.2 Å². The fraction of sp³-hybridized carbons (Fsp3) is 0.529. The minimum atomic E-state index is -4.32. The fourth-order valence-corrected chi connectivity index (χ4v) is 2.70. The summed E-state index contributed by atoms with van der Waals surface area (Å²) in [5.74, 6) is 0.110. The Morgan fingerprint density at radius 1 is 1.00 bits per heavy atom. The van der Waals surface area contributed by atoms with E-state index in [0.29, 0.717) is 18.9 Å². The van der Waals surface area contributed by atoms with Crippen molar-refractivity contribution in [2.45, 2.75) is 52.1 Å². The average Bonchev–Trinajstić information content (AvgIpc) is 2.33. The molecule has 0 aliphatic carbocycles. The Morgan fingerprint density at radius 2 is 1.52 bits per heavy atom. The molecule has 0 amide bonds. The summed E-state index contributed by atoms with van der Waals surface area (Å²) in [5.41, 5.74) is -0.0242. The van der Waals surface area contributed by atoms with Crippen molar-refractivity contribution in [2.75, 3.05) is 0 Å². The van der Waals surface area contributed by atoms with Crippen molar-refractivity contribution in [2.24, 2.45) is 5.41 Å². The van der Waals surface area contributed by atoms with E-state index in [2.05, 4.69) is 0 Å². The topological polar surface area (TPSA) is 20.2 Å². The van der Waals surface area contributed by atoms with E-state index in [1.54, 1.807) is 12.1 Å². The maximum absolute atomic E-state index is 12.6. The molecule has 1 N–H and O–H groups in total. The first-order valence-corrected chi connectivity index (χ1v) is 7.04. The van der Waals surface area contributed by atoms with Gasteiger partial charge in [0.1, 0.15) is 5.75 Å². The number of halogens is 3. The van der Waals surface area contributed by atoms with E-state index in [-0.39, 0.29) is 11.2 Å². The van der Waals surface area contributed by atoms with E-state index >= 15 is 0 Å². The molecule has 0 bridgehead atoms. The number of phenolic OH excluding ortho intramolecular Hbond substituents is 1. The van der Waals surface area contributed by atoms with Gasteiger partial charge in [0.15, 0.2) is 0 Å². The number of aromatic hydroxyl groups is 1. The third-order valence-corrected chi connectivity index (χ3v) is 3.51. The van der Waals surface area contributed by atoms with Crippen LogP contribution in [-0.4, -0.2) is 11.3 Å². The van der Waals surface area contributed by atoms with E-state index in [0.717, 1.165) is 5.56 Å². The van der Waals surface area contributed by atoms with Gasteiger partial charge in [0.05, 0.1) is 0 Å². The molecular weight excluding hydrogens is 277 g/mol. The molecule has 0 radical (unpaired) electrons. The van der Waals surface area contributed by atoms with Gasteiger partial charge >= 0.3 is 6.18 Å². The highest BCUT2D eigenvalue weighted by molar-refractivity contribution is 5.35. The predicted molar refractivity (Wildman–Crippen MR) is 79.3 cm³/mol. The van der Waals surface area contributed by atoms with Gasteiger partial charge in [0.2, 0.25) is 0 Å². The second-order valence-corrected chi connectivity index (χ2v) is 6.67. The average molecular weight is 300 g/mol. The zero-order valence-corrected chi connectivity index (χ0v) is 13.0. The molecule has 0 saturated carbocycles. The van der Waals surface area contributed by atoms with Crippen LogP contribution in [0.1, 0.15) is 46.1 Å². The van der Waals surface area contributed by atoms with Crippen molar-refractivity contribution in [1.82, 2.24) is 0 Å². The fourth-order valence-electron chi connectivity index (χ4n) is 2.70. The lowest BCUT2D eigenvalue weighted by Crippen LogP contribution is -2.29. The Balaban J connectivity index is 3.32. The predicted octanol–water partition coefficient (Wildman–Crippen LogP) is 5.59. The minimum absolute atomic E-state index is 0.110. The zero-order valence-electron chi connectivity index (χ0n) is 13.0. The van der Waals surface area contributed by atoms with Crippen LogP contribution in [0.2, 0.25) is 0 Å². The summed E-state index contributed by atoms with van der Waals surface area (Å²) >= 11 is 0. The van der Waals surface area contributed by atoms with E-state index in [9.17, 15) is 18.3 Å². The monoisotopic (exact) mass is 300 g/mol. The quantitative estimate of drug-likeness (QED) is 0.718. The van der Waals surface area contributed by atoms with E-state index in [1.165, 1.54) is 18.2 Å². The van der Waals surface area contributed by atoms with Crippen molar-refractivity contribution in [3.63, 3.8) is 0 Å². The van der Waals surface area contributed by atoms with Crippen LogP contribution >= 0.6 is 0 Å². The summed E-state index contributed by atoms with van der Waals surface area (Å²) < 4.78 is 37.8.